The first-order valence-electron chi connectivity index (χ1n) is 8.27. The number of nitro benzene ring substituents is 1. The van der Waals surface area contributed by atoms with Crippen molar-refractivity contribution in [1.82, 2.24) is 4.72 Å². The van der Waals surface area contributed by atoms with Crippen molar-refractivity contribution in [3.63, 3.8) is 0 Å². The van der Waals surface area contributed by atoms with Gasteiger partial charge in [-0.1, -0.05) is 24.3 Å². The van der Waals surface area contributed by atoms with E-state index in [2.05, 4.69) is 4.72 Å². The molecule has 10 heteroatoms. The van der Waals surface area contributed by atoms with E-state index >= 15 is 0 Å². The van der Waals surface area contributed by atoms with E-state index in [0.717, 1.165) is 17.2 Å². The van der Waals surface area contributed by atoms with Crippen LogP contribution in [0.15, 0.2) is 47.4 Å². The van der Waals surface area contributed by atoms with E-state index in [4.69, 9.17) is 4.74 Å². The maximum absolute atomic E-state index is 12.4. The van der Waals surface area contributed by atoms with Gasteiger partial charge in [0.2, 0.25) is 10.0 Å². The topological polar surface area (TPSA) is 119 Å². The molecule has 28 heavy (non-hydrogen) atoms. The fraction of sp³-hybridized carbons (Fsp3) is 0.278. The second kappa shape index (κ2) is 8.81. The van der Waals surface area contributed by atoms with Gasteiger partial charge in [0.25, 0.3) is 5.69 Å². The zero-order valence-corrected chi connectivity index (χ0v) is 16.5. The molecule has 2 aromatic carbocycles. The third-order valence-electron chi connectivity index (χ3n) is 3.99. The Kier molecular flexibility index (Phi) is 6.71. The molecule has 0 spiro atoms. The lowest BCUT2D eigenvalue weighted by Crippen LogP contribution is -2.30. The van der Waals surface area contributed by atoms with E-state index < -0.39 is 27.5 Å². The summed E-state index contributed by atoms with van der Waals surface area (Å²) in [6, 6.07) is 10.9. The van der Waals surface area contributed by atoms with Crippen LogP contribution in [0, 0.1) is 17.0 Å². The molecule has 0 aliphatic heterocycles. The number of carbonyl (C=O) groups excluding carboxylic acids is 1. The predicted molar refractivity (Wildman–Crippen MR) is 104 cm³/mol. The summed E-state index contributed by atoms with van der Waals surface area (Å²) in [6.07, 6.45) is 0. The number of nitrogens with one attached hydrogen (secondary N) is 1. The van der Waals surface area contributed by atoms with Crippen molar-refractivity contribution in [2.24, 2.45) is 0 Å². The Balaban J connectivity index is 2.05. The molecule has 0 bridgehead atoms. The van der Waals surface area contributed by atoms with Gasteiger partial charge in [0.15, 0.2) is 0 Å². The van der Waals surface area contributed by atoms with E-state index in [1.807, 2.05) is 25.1 Å². The SMILES string of the molecule is Cc1ccccc1COC(=O)CNS(=O)(=O)c1ccc(N(C)C)c([N+](=O)[O-])c1. The van der Waals surface area contributed by atoms with Crippen LogP contribution in [0.5, 0.6) is 0 Å². The fourth-order valence-electron chi connectivity index (χ4n) is 2.41. The number of nitrogens with zero attached hydrogens (tertiary/aromatic N) is 2. The van der Waals surface area contributed by atoms with Gasteiger partial charge in [-0.3, -0.25) is 14.9 Å². The molecule has 9 nitrogen and oxygen atoms in total. The van der Waals surface area contributed by atoms with Crippen molar-refractivity contribution in [3.05, 3.63) is 63.7 Å². The third-order valence-corrected chi connectivity index (χ3v) is 5.39. The van der Waals surface area contributed by atoms with Gasteiger partial charge in [-0.25, -0.2) is 8.42 Å². The Morgan fingerprint density at radius 1 is 1.21 bits per heavy atom. The highest BCUT2D eigenvalue weighted by atomic mass is 32.2. The van der Waals surface area contributed by atoms with Crippen molar-refractivity contribution in [1.29, 1.82) is 0 Å². The standard InChI is InChI=1S/C18H21N3O6S/c1-13-6-4-5-7-14(13)12-27-18(22)11-19-28(25,26)15-8-9-16(20(2)3)17(10-15)21(23)24/h4-10,19H,11-12H2,1-3H3. The molecule has 0 saturated heterocycles. The highest BCUT2D eigenvalue weighted by Gasteiger charge is 2.23. The molecule has 0 fully saturated rings. The molecular weight excluding hydrogens is 386 g/mol. The Bertz CT molecular complexity index is 989. The second-order valence-corrected chi connectivity index (χ2v) is 7.98. The van der Waals surface area contributed by atoms with E-state index in [1.54, 1.807) is 20.2 Å². The van der Waals surface area contributed by atoms with Crippen molar-refractivity contribution in [2.75, 3.05) is 25.5 Å². The molecule has 0 aliphatic carbocycles. The van der Waals surface area contributed by atoms with Crippen LogP contribution in [0.2, 0.25) is 0 Å². The van der Waals surface area contributed by atoms with Crippen molar-refractivity contribution >= 4 is 27.4 Å². The maximum atomic E-state index is 12.4. The molecule has 150 valence electrons. The van der Waals surface area contributed by atoms with Crippen LogP contribution in [0.3, 0.4) is 0 Å². The van der Waals surface area contributed by atoms with Gasteiger partial charge in [-0.15, -0.1) is 0 Å². The summed E-state index contributed by atoms with van der Waals surface area (Å²) in [6.45, 7) is 1.31. The molecule has 1 N–H and O–H groups in total. The number of benzene rings is 2. The highest BCUT2D eigenvalue weighted by molar-refractivity contribution is 7.89. The zero-order valence-electron chi connectivity index (χ0n) is 15.7. The van der Waals surface area contributed by atoms with Gasteiger partial charge in [-0.2, -0.15) is 4.72 Å². The number of nitro groups is 1. The Labute approximate surface area is 163 Å². The first-order chi connectivity index (χ1) is 13.1. The Hall–Kier alpha value is -2.98. The number of esters is 1. The molecule has 0 radical (unpaired) electrons. The molecule has 2 rings (SSSR count). The average Bonchev–Trinajstić information content (AvgIpc) is 2.65. The number of hydrogen-bond donors (Lipinski definition) is 1. The first kappa shape index (κ1) is 21.3. The van der Waals surface area contributed by atoms with Gasteiger partial charge in [0.05, 0.1) is 9.82 Å². The third kappa shape index (κ3) is 5.27. The highest BCUT2D eigenvalue weighted by Crippen LogP contribution is 2.29. The molecule has 0 amide bonds. The lowest BCUT2D eigenvalue weighted by atomic mass is 10.1. The van der Waals surface area contributed by atoms with Crippen LogP contribution in [0.1, 0.15) is 11.1 Å². The number of hydrogen-bond acceptors (Lipinski definition) is 7. The summed E-state index contributed by atoms with van der Waals surface area (Å²) in [4.78, 5) is 23.6. The number of aryl methyl sites for hydroxylation is 1. The minimum absolute atomic E-state index is 0.0240. The molecule has 0 unspecified atom stereocenters. The van der Waals surface area contributed by atoms with Gasteiger partial charge < -0.3 is 9.64 Å². The quantitative estimate of drug-likeness (QED) is 0.404. The number of anilines is 1. The lowest BCUT2D eigenvalue weighted by molar-refractivity contribution is -0.384. The summed E-state index contributed by atoms with van der Waals surface area (Å²) >= 11 is 0. The fourth-order valence-corrected chi connectivity index (χ4v) is 3.40. The van der Waals surface area contributed by atoms with E-state index in [9.17, 15) is 23.3 Å². The summed E-state index contributed by atoms with van der Waals surface area (Å²) in [5, 5.41) is 11.2. The summed E-state index contributed by atoms with van der Waals surface area (Å²) < 4.78 is 31.9. The van der Waals surface area contributed by atoms with Gasteiger partial charge in [-0.05, 0) is 30.2 Å². The second-order valence-electron chi connectivity index (χ2n) is 6.21. The molecular formula is C18H21N3O6S. The van der Waals surface area contributed by atoms with Crippen LogP contribution in [0.25, 0.3) is 0 Å². The van der Waals surface area contributed by atoms with E-state index in [-0.39, 0.29) is 22.9 Å². The molecule has 0 heterocycles. The van der Waals surface area contributed by atoms with Crippen molar-refractivity contribution in [2.45, 2.75) is 18.4 Å². The molecule has 0 atom stereocenters. The smallest absolute Gasteiger partial charge is 0.321 e. The average molecular weight is 407 g/mol. The van der Waals surface area contributed by atoms with Crippen LogP contribution in [-0.2, 0) is 26.2 Å². The number of carbonyl (C=O) groups is 1. The Morgan fingerprint density at radius 2 is 1.89 bits per heavy atom. The minimum atomic E-state index is -4.12. The normalized spacial score (nSPS) is 11.1. The summed E-state index contributed by atoms with van der Waals surface area (Å²) in [5.74, 6) is -0.758. The lowest BCUT2D eigenvalue weighted by Gasteiger charge is -2.14. The van der Waals surface area contributed by atoms with Crippen LogP contribution in [0.4, 0.5) is 11.4 Å². The molecule has 0 aliphatic rings. The van der Waals surface area contributed by atoms with E-state index in [0.29, 0.717) is 0 Å². The monoisotopic (exact) mass is 407 g/mol. The van der Waals surface area contributed by atoms with Gasteiger partial charge in [0.1, 0.15) is 18.8 Å². The van der Waals surface area contributed by atoms with Gasteiger partial charge >= 0.3 is 5.97 Å². The first-order valence-corrected chi connectivity index (χ1v) is 9.75. The molecule has 2 aromatic rings. The van der Waals surface area contributed by atoms with Crippen molar-refractivity contribution < 1.29 is 22.9 Å². The Morgan fingerprint density at radius 3 is 2.50 bits per heavy atom. The zero-order chi connectivity index (χ0) is 20.9. The summed E-state index contributed by atoms with van der Waals surface area (Å²) in [7, 11) is -0.898. The maximum Gasteiger partial charge on any atom is 0.321 e. The predicted octanol–water partition coefficient (Wildman–Crippen LogP) is 1.99. The number of ether oxygens (including phenoxy) is 1. The number of sulfonamides is 1. The minimum Gasteiger partial charge on any atom is -0.460 e. The van der Waals surface area contributed by atoms with Crippen LogP contribution >= 0.6 is 0 Å². The van der Waals surface area contributed by atoms with Crippen LogP contribution < -0.4 is 9.62 Å². The van der Waals surface area contributed by atoms with E-state index in [1.165, 1.54) is 17.0 Å². The van der Waals surface area contributed by atoms with Gasteiger partial charge in [0, 0.05) is 20.2 Å². The number of rotatable bonds is 8. The molecule has 0 saturated carbocycles. The summed E-state index contributed by atoms with van der Waals surface area (Å²) in [5.41, 5.74) is 1.68. The van der Waals surface area contributed by atoms with Crippen LogP contribution in [-0.4, -0.2) is 40.0 Å². The van der Waals surface area contributed by atoms with Crippen molar-refractivity contribution in [3.8, 4) is 0 Å². The molecule has 0 aromatic heterocycles. The largest absolute Gasteiger partial charge is 0.460 e.